The van der Waals surface area contributed by atoms with Crippen LogP contribution in [0.5, 0.6) is 0 Å². The zero-order valence-corrected chi connectivity index (χ0v) is 21.3. The lowest BCUT2D eigenvalue weighted by atomic mass is 9.96. The number of hydrogen-bond donors (Lipinski definition) is 1. The maximum absolute atomic E-state index is 11.7. The van der Waals surface area contributed by atoms with Gasteiger partial charge in [-0.1, -0.05) is 24.3 Å². The third-order valence-electron chi connectivity index (χ3n) is 6.66. The van der Waals surface area contributed by atoms with Crippen molar-refractivity contribution in [1.82, 2.24) is 19.8 Å². The Kier molecular flexibility index (Phi) is 7.03. The predicted octanol–water partition coefficient (Wildman–Crippen LogP) is 5.03. The molecule has 1 aromatic carbocycles. The third-order valence-corrected chi connectivity index (χ3v) is 7.01. The lowest BCUT2D eigenvalue weighted by Gasteiger charge is -2.28. The minimum Gasteiger partial charge on any atom is -0.469 e. The van der Waals surface area contributed by atoms with Crippen LogP contribution in [-0.2, 0) is 9.53 Å². The van der Waals surface area contributed by atoms with Gasteiger partial charge in [-0.3, -0.25) is 9.78 Å². The lowest BCUT2D eigenvalue weighted by molar-refractivity contribution is -0.140. The summed E-state index contributed by atoms with van der Waals surface area (Å²) in [6.07, 6.45) is 2.84. The van der Waals surface area contributed by atoms with Crippen LogP contribution in [0.15, 0.2) is 48.7 Å². The number of carbonyl (C=O) groups is 1. The molecule has 6 nitrogen and oxygen atoms in total. The van der Waals surface area contributed by atoms with Crippen LogP contribution < -0.4 is 5.32 Å². The molecule has 2 atom stereocenters. The molecule has 2 aromatic heterocycles. The monoisotopic (exact) mass is 476 g/mol. The van der Waals surface area contributed by atoms with Gasteiger partial charge in [-0.25, -0.2) is 0 Å². The van der Waals surface area contributed by atoms with E-state index in [0.29, 0.717) is 24.5 Å². The van der Waals surface area contributed by atoms with Crippen molar-refractivity contribution < 1.29 is 9.53 Å². The first-order chi connectivity index (χ1) is 16.3. The van der Waals surface area contributed by atoms with Crippen LogP contribution in [-0.4, -0.2) is 39.2 Å². The number of carbonyl (C=O) groups excluding carboxylic acids is 1. The summed E-state index contributed by atoms with van der Waals surface area (Å²) in [6, 6.07) is 14.5. The molecule has 1 saturated heterocycles. The summed E-state index contributed by atoms with van der Waals surface area (Å²) in [5, 5.41) is 4.19. The SMILES string of the molecule is COC(=O)CCCN1C(=S)N[C@H](c2ccccn2)[C@H]1c1cc(C)n(-c2c(C)cccc2C)c1C. The molecule has 1 aliphatic rings. The number of hydrogen-bond acceptors (Lipinski definition) is 4. The number of methoxy groups -OCH3 is 1. The smallest absolute Gasteiger partial charge is 0.305 e. The zero-order chi connectivity index (χ0) is 24.4. The Morgan fingerprint density at radius 1 is 1.12 bits per heavy atom. The predicted molar refractivity (Wildman–Crippen MR) is 138 cm³/mol. The number of para-hydroxylation sites is 1. The second-order valence-electron chi connectivity index (χ2n) is 8.90. The van der Waals surface area contributed by atoms with Crippen LogP contribution in [0.2, 0.25) is 0 Å². The molecule has 0 spiro atoms. The molecular weight excluding hydrogens is 444 g/mol. The molecule has 3 heterocycles. The first-order valence-corrected chi connectivity index (χ1v) is 12.0. The minimum absolute atomic E-state index is 0.0377. The summed E-state index contributed by atoms with van der Waals surface area (Å²) in [6.45, 7) is 9.30. The summed E-state index contributed by atoms with van der Waals surface area (Å²) in [4.78, 5) is 18.6. The maximum Gasteiger partial charge on any atom is 0.305 e. The Labute approximate surface area is 207 Å². The van der Waals surface area contributed by atoms with Gasteiger partial charge in [-0.2, -0.15) is 0 Å². The van der Waals surface area contributed by atoms with Crippen LogP contribution in [0.1, 0.15) is 58.7 Å². The van der Waals surface area contributed by atoms with Gasteiger partial charge in [0.15, 0.2) is 5.11 Å². The number of pyridine rings is 1. The van der Waals surface area contributed by atoms with Gasteiger partial charge < -0.3 is 19.5 Å². The highest BCUT2D eigenvalue weighted by atomic mass is 32.1. The number of aryl methyl sites for hydroxylation is 3. The number of nitrogens with zero attached hydrogens (tertiary/aromatic N) is 3. The van der Waals surface area contributed by atoms with Gasteiger partial charge in [-0.05, 0) is 81.2 Å². The van der Waals surface area contributed by atoms with Crippen molar-refractivity contribution in [3.8, 4) is 5.69 Å². The van der Waals surface area contributed by atoms with E-state index in [1.807, 2.05) is 24.4 Å². The van der Waals surface area contributed by atoms with E-state index in [2.05, 4.69) is 71.7 Å². The Hall–Kier alpha value is -3.19. The minimum atomic E-state index is -0.205. The molecule has 4 rings (SSSR count). The number of benzene rings is 1. The molecule has 1 aliphatic heterocycles. The van der Waals surface area contributed by atoms with E-state index in [0.717, 1.165) is 5.69 Å². The van der Waals surface area contributed by atoms with Crippen LogP contribution in [0.3, 0.4) is 0 Å². The van der Waals surface area contributed by atoms with Crippen molar-refractivity contribution in [2.24, 2.45) is 0 Å². The average molecular weight is 477 g/mol. The Morgan fingerprint density at radius 3 is 2.50 bits per heavy atom. The highest BCUT2D eigenvalue weighted by Gasteiger charge is 2.41. The fourth-order valence-corrected chi connectivity index (χ4v) is 5.40. The van der Waals surface area contributed by atoms with E-state index < -0.39 is 0 Å². The van der Waals surface area contributed by atoms with E-state index in [9.17, 15) is 4.79 Å². The zero-order valence-electron chi connectivity index (χ0n) is 20.5. The highest BCUT2D eigenvalue weighted by Crippen LogP contribution is 2.42. The molecule has 0 bridgehead atoms. The Morgan fingerprint density at radius 2 is 1.85 bits per heavy atom. The molecular formula is C27H32N4O2S. The Bertz CT molecular complexity index is 1180. The van der Waals surface area contributed by atoms with E-state index in [-0.39, 0.29) is 18.1 Å². The first-order valence-electron chi connectivity index (χ1n) is 11.6. The van der Waals surface area contributed by atoms with Gasteiger partial charge in [-0.15, -0.1) is 0 Å². The molecule has 0 unspecified atom stereocenters. The van der Waals surface area contributed by atoms with Gasteiger partial charge >= 0.3 is 5.97 Å². The van der Waals surface area contributed by atoms with E-state index in [1.165, 1.54) is 40.9 Å². The van der Waals surface area contributed by atoms with Gasteiger partial charge in [0.2, 0.25) is 0 Å². The fourth-order valence-electron chi connectivity index (χ4n) is 5.07. The molecule has 178 valence electrons. The molecule has 0 saturated carbocycles. The van der Waals surface area contributed by atoms with Crippen molar-refractivity contribution in [2.75, 3.05) is 13.7 Å². The molecule has 3 aromatic rings. The van der Waals surface area contributed by atoms with Crippen LogP contribution in [0.4, 0.5) is 0 Å². The second-order valence-corrected chi connectivity index (χ2v) is 9.29. The van der Waals surface area contributed by atoms with E-state index >= 15 is 0 Å². The summed E-state index contributed by atoms with van der Waals surface area (Å²) >= 11 is 5.78. The molecule has 0 radical (unpaired) electrons. The van der Waals surface area contributed by atoms with Crippen LogP contribution >= 0.6 is 12.2 Å². The molecule has 1 fully saturated rings. The van der Waals surface area contributed by atoms with Gasteiger partial charge in [0.1, 0.15) is 0 Å². The normalized spacial score (nSPS) is 17.7. The number of rotatable bonds is 7. The Balaban J connectivity index is 1.79. The fraction of sp³-hybridized carbons (Fsp3) is 0.370. The van der Waals surface area contributed by atoms with Gasteiger partial charge in [0.05, 0.1) is 30.6 Å². The molecule has 7 heteroatoms. The van der Waals surface area contributed by atoms with Crippen molar-refractivity contribution in [2.45, 2.75) is 52.6 Å². The summed E-state index contributed by atoms with van der Waals surface area (Å²) < 4.78 is 7.18. The lowest BCUT2D eigenvalue weighted by Crippen LogP contribution is -2.31. The molecule has 0 aliphatic carbocycles. The van der Waals surface area contributed by atoms with Crippen molar-refractivity contribution in [3.63, 3.8) is 0 Å². The van der Waals surface area contributed by atoms with Crippen molar-refractivity contribution in [1.29, 1.82) is 0 Å². The summed E-state index contributed by atoms with van der Waals surface area (Å²) in [7, 11) is 1.42. The van der Waals surface area contributed by atoms with Gasteiger partial charge in [0.25, 0.3) is 0 Å². The number of esters is 1. The number of aromatic nitrogens is 2. The highest BCUT2D eigenvalue weighted by molar-refractivity contribution is 7.80. The van der Waals surface area contributed by atoms with E-state index in [1.54, 1.807) is 0 Å². The largest absolute Gasteiger partial charge is 0.469 e. The van der Waals surface area contributed by atoms with Gasteiger partial charge in [0, 0.05) is 30.6 Å². The van der Waals surface area contributed by atoms with E-state index in [4.69, 9.17) is 17.0 Å². The standard InChI is InChI=1S/C27H32N4O2S/c1-17-10-8-11-18(2)25(17)31-19(3)16-21(20(31)4)26-24(22-12-6-7-14-28-22)29-27(34)30(26)15-9-13-23(32)33-5/h6-8,10-12,14,16,24,26H,9,13,15H2,1-5H3,(H,29,34)/t24-,26-/m1/s1. The van der Waals surface area contributed by atoms with Crippen molar-refractivity contribution >= 4 is 23.3 Å². The average Bonchev–Trinajstić information content (AvgIpc) is 3.30. The van der Waals surface area contributed by atoms with Crippen LogP contribution in [0.25, 0.3) is 5.69 Å². The molecule has 34 heavy (non-hydrogen) atoms. The molecule has 1 N–H and O–H groups in total. The number of nitrogens with one attached hydrogen (secondary N) is 1. The second kappa shape index (κ2) is 9.97. The number of thiocarbonyl (C=S) groups is 1. The number of ether oxygens (including phenoxy) is 1. The summed E-state index contributed by atoms with van der Waals surface area (Å²) in [5.74, 6) is -0.205. The quantitative estimate of drug-likeness (QED) is 0.381. The van der Waals surface area contributed by atoms with Crippen molar-refractivity contribution in [3.05, 3.63) is 82.4 Å². The summed E-state index contributed by atoms with van der Waals surface area (Å²) in [5.41, 5.74) is 8.23. The maximum atomic E-state index is 11.7. The first kappa shape index (κ1) is 24.0. The topological polar surface area (TPSA) is 59.4 Å². The van der Waals surface area contributed by atoms with Crippen LogP contribution in [0, 0.1) is 27.7 Å². The molecule has 0 amide bonds. The third kappa shape index (κ3) is 4.44.